The van der Waals surface area contributed by atoms with Gasteiger partial charge in [0.25, 0.3) is 0 Å². The van der Waals surface area contributed by atoms with Crippen LogP contribution in [0.1, 0.15) is 5.56 Å². The molecule has 2 aromatic carbocycles. The first-order valence-corrected chi connectivity index (χ1v) is 6.67. The number of hydrogen-bond donors (Lipinski definition) is 1. The zero-order chi connectivity index (χ0) is 13.1. The Morgan fingerprint density at radius 3 is 2.61 bits per heavy atom. The highest BCUT2D eigenvalue weighted by Crippen LogP contribution is 2.31. The average molecular weight is 343 g/mol. The largest absolute Gasteiger partial charge is 0.457 e. The molecule has 0 heterocycles. The van der Waals surface area contributed by atoms with Gasteiger partial charge >= 0.3 is 0 Å². The SMILES string of the molecule is NC(=S)c1c(Cl)cccc1Oc1cccc(Br)c1. The van der Waals surface area contributed by atoms with Crippen LogP contribution in [0, 0.1) is 0 Å². The Kier molecular flexibility index (Phi) is 4.22. The van der Waals surface area contributed by atoms with E-state index in [0.717, 1.165) is 4.47 Å². The lowest BCUT2D eigenvalue weighted by Gasteiger charge is -2.11. The number of benzene rings is 2. The number of thiocarbonyl (C=S) groups is 1. The maximum atomic E-state index is 6.07. The molecular formula is C13H9BrClNOS. The summed E-state index contributed by atoms with van der Waals surface area (Å²) in [6.07, 6.45) is 0. The number of rotatable bonds is 3. The Labute approximate surface area is 124 Å². The molecule has 5 heteroatoms. The minimum absolute atomic E-state index is 0.214. The normalized spacial score (nSPS) is 10.1. The third-order valence-electron chi connectivity index (χ3n) is 2.25. The van der Waals surface area contributed by atoms with E-state index >= 15 is 0 Å². The highest BCUT2D eigenvalue weighted by Gasteiger charge is 2.11. The second-order valence-corrected chi connectivity index (χ2v) is 5.30. The van der Waals surface area contributed by atoms with Crippen molar-refractivity contribution in [3.05, 3.63) is 57.5 Å². The molecule has 92 valence electrons. The molecule has 18 heavy (non-hydrogen) atoms. The minimum Gasteiger partial charge on any atom is -0.457 e. The van der Waals surface area contributed by atoms with Crippen LogP contribution in [0.5, 0.6) is 11.5 Å². The molecule has 0 bridgehead atoms. The van der Waals surface area contributed by atoms with Crippen molar-refractivity contribution in [2.45, 2.75) is 0 Å². The van der Waals surface area contributed by atoms with E-state index in [9.17, 15) is 0 Å². The summed E-state index contributed by atoms with van der Waals surface area (Å²) in [5.41, 5.74) is 6.21. The van der Waals surface area contributed by atoms with Crippen LogP contribution in [-0.2, 0) is 0 Å². The van der Waals surface area contributed by atoms with Crippen molar-refractivity contribution >= 4 is 44.7 Å². The van der Waals surface area contributed by atoms with Gasteiger partial charge < -0.3 is 10.5 Å². The molecule has 2 nitrogen and oxygen atoms in total. The quantitative estimate of drug-likeness (QED) is 0.832. The Morgan fingerprint density at radius 2 is 1.94 bits per heavy atom. The predicted octanol–water partition coefficient (Wildman–Crippen LogP) is 4.53. The van der Waals surface area contributed by atoms with Crippen molar-refractivity contribution in [3.8, 4) is 11.5 Å². The first-order chi connectivity index (χ1) is 8.58. The molecule has 0 radical (unpaired) electrons. The number of hydrogen-bond acceptors (Lipinski definition) is 2. The van der Waals surface area contributed by atoms with Gasteiger partial charge in [-0.05, 0) is 30.3 Å². The zero-order valence-corrected chi connectivity index (χ0v) is 12.3. The molecule has 0 spiro atoms. The van der Waals surface area contributed by atoms with Gasteiger partial charge in [0.2, 0.25) is 0 Å². The summed E-state index contributed by atoms with van der Waals surface area (Å²) >= 11 is 14.4. The highest BCUT2D eigenvalue weighted by atomic mass is 79.9. The standard InChI is InChI=1S/C13H9BrClNOS/c14-8-3-1-4-9(7-8)17-11-6-2-5-10(15)12(11)13(16)18/h1-7H,(H2,16,18). The van der Waals surface area contributed by atoms with Gasteiger partial charge in [-0.2, -0.15) is 0 Å². The summed E-state index contributed by atoms with van der Waals surface area (Å²) in [5.74, 6) is 1.23. The van der Waals surface area contributed by atoms with Gasteiger partial charge in [0, 0.05) is 4.47 Å². The molecule has 0 amide bonds. The van der Waals surface area contributed by atoms with E-state index in [2.05, 4.69) is 15.9 Å². The minimum atomic E-state index is 0.214. The predicted molar refractivity (Wildman–Crippen MR) is 81.6 cm³/mol. The molecule has 0 saturated heterocycles. The third kappa shape index (κ3) is 3.02. The Morgan fingerprint density at radius 1 is 1.22 bits per heavy atom. The van der Waals surface area contributed by atoms with Crippen LogP contribution in [0.4, 0.5) is 0 Å². The van der Waals surface area contributed by atoms with Crippen molar-refractivity contribution in [2.75, 3.05) is 0 Å². The Hall–Kier alpha value is -1.10. The van der Waals surface area contributed by atoms with Gasteiger partial charge in [0.1, 0.15) is 16.5 Å². The van der Waals surface area contributed by atoms with Crippen molar-refractivity contribution in [3.63, 3.8) is 0 Å². The molecule has 2 rings (SSSR count). The summed E-state index contributed by atoms with van der Waals surface area (Å²) in [7, 11) is 0. The summed E-state index contributed by atoms with van der Waals surface area (Å²) in [4.78, 5) is 0.214. The van der Waals surface area contributed by atoms with Gasteiger partial charge in [0.05, 0.1) is 10.6 Å². The molecule has 0 aliphatic heterocycles. The number of ether oxygens (including phenoxy) is 1. The molecular weight excluding hydrogens is 334 g/mol. The summed E-state index contributed by atoms with van der Waals surface area (Å²) in [6.45, 7) is 0. The third-order valence-corrected chi connectivity index (χ3v) is 3.26. The first kappa shape index (κ1) is 13.3. The van der Waals surface area contributed by atoms with Crippen LogP contribution in [0.25, 0.3) is 0 Å². The fraction of sp³-hybridized carbons (Fsp3) is 0. The summed E-state index contributed by atoms with van der Waals surface area (Å²) < 4.78 is 6.68. The van der Waals surface area contributed by atoms with Gasteiger partial charge in [0.15, 0.2) is 0 Å². The summed E-state index contributed by atoms with van der Waals surface area (Å²) in [6, 6.07) is 12.8. The van der Waals surface area contributed by atoms with Crippen LogP contribution in [0.3, 0.4) is 0 Å². The van der Waals surface area contributed by atoms with Crippen molar-refractivity contribution in [1.29, 1.82) is 0 Å². The second-order valence-electron chi connectivity index (χ2n) is 3.54. The molecule has 2 N–H and O–H groups in total. The van der Waals surface area contributed by atoms with Crippen molar-refractivity contribution in [2.24, 2.45) is 5.73 Å². The fourth-order valence-corrected chi connectivity index (χ4v) is 2.40. The Bertz CT molecular complexity index is 603. The Balaban J connectivity index is 2.40. The van der Waals surface area contributed by atoms with Crippen LogP contribution in [0.2, 0.25) is 5.02 Å². The molecule has 0 aromatic heterocycles. The molecule has 2 aromatic rings. The highest BCUT2D eigenvalue weighted by molar-refractivity contribution is 9.10. The number of halogens is 2. The molecule has 0 saturated carbocycles. The van der Waals surface area contributed by atoms with E-state index in [0.29, 0.717) is 22.1 Å². The monoisotopic (exact) mass is 341 g/mol. The van der Waals surface area contributed by atoms with Gasteiger partial charge in [-0.3, -0.25) is 0 Å². The average Bonchev–Trinajstić information content (AvgIpc) is 2.28. The summed E-state index contributed by atoms with van der Waals surface area (Å²) in [5, 5.41) is 0.481. The van der Waals surface area contributed by atoms with E-state index in [1.54, 1.807) is 18.2 Å². The molecule has 0 aliphatic carbocycles. The van der Waals surface area contributed by atoms with Gasteiger partial charge in [-0.1, -0.05) is 51.9 Å². The van der Waals surface area contributed by atoms with Crippen LogP contribution in [0.15, 0.2) is 46.9 Å². The van der Waals surface area contributed by atoms with E-state index in [-0.39, 0.29) is 4.99 Å². The van der Waals surface area contributed by atoms with E-state index in [4.69, 9.17) is 34.3 Å². The van der Waals surface area contributed by atoms with Crippen LogP contribution < -0.4 is 10.5 Å². The van der Waals surface area contributed by atoms with Crippen LogP contribution in [-0.4, -0.2) is 4.99 Å². The zero-order valence-electron chi connectivity index (χ0n) is 9.19. The topological polar surface area (TPSA) is 35.2 Å². The van der Waals surface area contributed by atoms with E-state index in [1.165, 1.54) is 0 Å². The van der Waals surface area contributed by atoms with Gasteiger partial charge in [-0.15, -0.1) is 0 Å². The van der Waals surface area contributed by atoms with E-state index in [1.807, 2.05) is 24.3 Å². The molecule has 0 aliphatic rings. The lowest BCUT2D eigenvalue weighted by molar-refractivity contribution is 0.481. The van der Waals surface area contributed by atoms with Crippen molar-refractivity contribution < 1.29 is 4.74 Å². The number of nitrogens with two attached hydrogens (primary N) is 1. The lowest BCUT2D eigenvalue weighted by atomic mass is 10.2. The van der Waals surface area contributed by atoms with E-state index < -0.39 is 0 Å². The maximum absolute atomic E-state index is 6.07. The maximum Gasteiger partial charge on any atom is 0.139 e. The molecule has 0 unspecified atom stereocenters. The molecule has 0 atom stereocenters. The van der Waals surface area contributed by atoms with Crippen molar-refractivity contribution in [1.82, 2.24) is 0 Å². The fourth-order valence-electron chi connectivity index (χ4n) is 1.49. The lowest BCUT2D eigenvalue weighted by Crippen LogP contribution is -2.11. The smallest absolute Gasteiger partial charge is 0.139 e. The molecule has 0 fully saturated rings. The first-order valence-electron chi connectivity index (χ1n) is 5.09. The second kappa shape index (κ2) is 5.69. The van der Waals surface area contributed by atoms with Crippen LogP contribution >= 0.6 is 39.7 Å². The van der Waals surface area contributed by atoms with Gasteiger partial charge in [-0.25, -0.2) is 0 Å².